The van der Waals surface area contributed by atoms with Crippen LogP contribution in [0.15, 0.2) is 41.1 Å². The summed E-state index contributed by atoms with van der Waals surface area (Å²) in [4.78, 5) is 4.55. The fourth-order valence-corrected chi connectivity index (χ4v) is 2.88. The molecule has 0 unspecified atom stereocenters. The average molecular weight is 340 g/mol. The van der Waals surface area contributed by atoms with E-state index in [2.05, 4.69) is 20.9 Å². The maximum atomic E-state index is 13.1. The Kier molecular flexibility index (Phi) is 3.07. The summed E-state index contributed by atoms with van der Waals surface area (Å²) < 4.78 is 16.0. The lowest BCUT2D eigenvalue weighted by molar-refractivity contribution is 0.628. The van der Waals surface area contributed by atoms with Crippen molar-refractivity contribution in [1.29, 1.82) is 0 Å². The number of aromatic nitrogens is 2. The first kappa shape index (κ1) is 12.6. The average Bonchev–Trinajstić information content (AvgIpc) is 2.72. The molecule has 96 valence electrons. The molecule has 0 spiro atoms. The summed E-state index contributed by atoms with van der Waals surface area (Å²) in [6, 6.07) is 6.32. The summed E-state index contributed by atoms with van der Waals surface area (Å²) in [5.41, 5.74) is 3.37. The van der Waals surface area contributed by atoms with Crippen molar-refractivity contribution in [2.45, 2.75) is 6.92 Å². The first-order chi connectivity index (χ1) is 9.04. The molecular weight excluding hydrogens is 331 g/mol. The maximum Gasteiger partial charge on any atom is 0.140 e. The summed E-state index contributed by atoms with van der Waals surface area (Å²) in [5.74, 6) is -0.351. The minimum Gasteiger partial charge on any atom is -0.305 e. The number of nitrogens with zero attached hydrogens (tertiary/aromatic N) is 2. The molecule has 2 nitrogen and oxygen atoms in total. The lowest BCUT2D eigenvalue weighted by Gasteiger charge is -1.99. The number of imidazole rings is 1. The van der Waals surface area contributed by atoms with E-state index in [1.807, 2.05) is 29.8 Å². The van der Waals surface area contributed by atoms with E-state index in [-0.39, 0.29) is 5.82 Å². The zero-order valence-corrected chi connectivity index (χ0v) is 12.3. The van der Waals surface area contributed by atoms with Gasteiger partial charge >= 0.3 is 0 Å². The highest BCUT2D eigenvalue weighted by Gasteiger charge is 2.10. The zero-order chi connectivity index (χ0) is 13.6. The van der Waals surface area contributed by atoms with Gasteiger partial charge in [0.1, 0.15) is 11.5 Å². The van der Waals surface area contributed by atoms with Crippen molar-refractivity contribution in [1.82, 2.24) is 9.38 Å². The van der Waals surface area contributed by atoms with Gasteiger partial charge in [-0.05, 0) is 52.7 Å². The second-order valence-electron chi connectivity index (χ2n) is 4.32. The van der Waals surface area contributed by atoms with Gasteiger partial charge in [-0.15, -0.1) is 0 Å². The Balaban J connectivity index is 2.23. The quantitative estimate of drug-likeness (QED) is 0.618. The summed E-state index contributed by atoms with van der Waals surface area (Å²) in [7, 11) is 0. The van der Waals surface area contributed by atoms with Crippen LogP contribution in [0.2, 0.25) is 5.02 Å². The van der Waals surface area contributed by atoms with Crippen LogP contribution in [0.5, 0.6) is 0 Å². The summed E-state index contributed by atoms with van der Waals surface area (Å²) >= 11 is 9.51. The van der Waals surface area contributed by atoms with Gasteiger partial charge in [-0.1, -0.05) is 11.6 Å². The lowest BCUT2D eigenvalue weighted by atomic mass is 10.2. The molecule has 0 N–H and O–H groups in total. The van der Waals surface area contributed by atoms with Gasteiger partial charge in [-0.3, -0.25) is 0 Å². The first-order valence-electron chi connectivity index (χ1n) is 5.65. The highest BCUT2D eigenvalue weighted by atomic mass is 79.9. The van der Waals surface area contributed by atoms with E-state index in [4.69, 9.17) is 11.6 Å². The largest absolute Gasteiger partial charge is 0.305 e. The van der Waals surface area contributed by atoms with Gasteiger partial charge in [0.05, 0.1) is 10.7 Å². The summed E-state index contributed by atoms with van der Waals surface area (Å²) in [6.07, 6.45) is 3.81. The molecule has 3 rings (SSSR count). The molecule has 0 saturated heterocycles. The molecular formula is C14H9BrClFN2. The van der Waals surface area contributed by atoms with E-state index < -0.39 is 0 Å². The number of hydrogen-bond acceptors (Lipinski definition) is 1. The molecule has 0 radical (unpaired) electrons. The molecule has 3 aromatic rings. The Morgan fingerprint density at radius 2 is 2.05 bits per heavy atom. The van der Waals surface area contributed by atoms with E-state index in [0.717, 1.165) is 26.9 Å². The second-order valence-corrected chi connectivity index (χ2v) is 5.65. The van der Waals surface area contributed by atoms with Crippen molar-refractivity contribution >= 4 is 33.2 Å². The maximum absolute atomic E-state index is 13.1. The number of pyridine rings is 1. The van der Waals surface area contributed by atoms with Crippen molar-refractivity contribution < 1.29 is 4.39 Å². The van der Waals surface area contributed by atoms with Crippen molar-refractivity contribution in [3.8, 4) is 11.3 Å². The highest BCUT2D eigenvalue weighted by Crippen LogP contribution is 2.29. The van der Waals surface area contributed by atoms with E-state index in [0.29, 0.717) is 5.02 Å². The van der Waals surface area contributed by atoms with E-state index in [9.17, 15) is 4.39 Å². The van der Waals surface area contributed by atoms with Crippen LogP contribution < -0.4 is 0 Å². The minimum atomic E-state index is -0.351. The molecule has 0 bridgehead atoms. The van der Waals surface area contributed by atoms with E-state index >= 15 is 0 Å². The topological polar surface area (TPSA) is 17.3 Å². The molecule has 0 aliphatic heterocycles. The van der Waals surface area contributed by atoms with Crippen LogP contribution in [0.3, 0.4) is 0 Å². The lowest BCUT2D eigenvalue weighted by Crippen LogP contribution is -1.86. The molecule has 1 aromatic carbocycles. The van der Waals surface area contributed by atoms with Crippen LogP contribution in [0.4, 0.5) is 4.39 Å². The van der Waals surface area contributed by atoms with Crippen LogP contribution in [0.1, 0.15) is 5.56 Å². The number of fused-ring (bicyclic) bond motifs is 1. The molecule has 0 fully saturated rings. The smallest absolute Gasteiger partial charge is 0.140 e. The van der Waals surface area contributed by atoms with Crippen molar-refractivity contribution in [3.63, 3.8) is 0 Å². The third-order valence-corrected chi connectivity index (χ3v) is 3.66. The van der Waals surface area contributed by atoms with Crippen LogP contribution in [0.25, 0.3) is 16.9 Å². The monoisotopic (exact) mass is 338 g/mol. The van der Waals surface area contributed by atoms with Crippen LogP contribution in [-0.2, 0) is 0 Å². The molecule has 2 heterocycles. The normalized spacial score (nSPS) is 11.2. The molecule has 2 aromatic heterocycles. The molecule has 0 aliphatic rings. The predicted molar refractivity (Wildman–Crippen MR) is 78.0 cm³/mol. The van der Waals surface area contributed by atoms with Crippen LogP contribution in [0, 0.1) is 12.7 Å². The number of rotatable bonds is 1. The molecule has 5 heteroatoms. The number of halogens is 3. The third-order valence-electron chi connectivity index (χ3n) is 2.91. The van der Waals surface area contributed by atoms with Crippen LogP contribution in [-0.4, -0.2) is 9.38 Å². The zero-order valence-electron chi connectivity index (χ0n) is 9.99. The summed E-state index contributed by atoms with van der Waals surface area (Å²) in [5, 5.41) is 0.361. The Morgan fingerprint density at radius 3 is 2.79 bits per heavy atom. The van der Waals surface area contributed by atoms with Gasteiger partial charge in [0.2, 0.25) is 0 Å². The van der Waals surface area contributed by atoms with Crippen molar-refractivity contribution in [3.05, 3.63) is 57.5 Å². The number of hydrogen-bond donors (Lipinski definition) is 0. The third kappa shape index (κ3) is 2.26. The van der Waals surface area contributed by atoms with E-state index in [1.165, 1.54) is 12.1 Å². The predicted octanol–water partition coefficient (Wildman–Crippen LogP) is 4.86. The molecule has 0 atom stereocenters. The minimum absolute atomic E-state index is 0.351. The van der Waals surface area contributed by atoms with Crippen LogP contribution >= 0.6 is 27.5 Å². The van der Waals surface area contributed by atoms with Crippen molar-refractivity contribution in [2.75, 3.05) is 0 Å². The number of aryl methyl sites for hydroxylation is 1. The fraction of sp³-hybridized carbons (Fsp3) is 0.0714. The Bertz CT molecular complexity index is 782. The van der Waals surface area contributed by atoms with E-state index in [1.54, 1.807) is 6.07 Å². The Labute approximate surface area is 123 Å². The Morgan fingerprint density at radius 1 is 1.26 bits per heavy atom. The van der Waals surface area contributed by atoms with Gasteiger partial charge in [-0.25, -0.2) is 9.37 Å². The van der Waals surface area contributed by atoms with Gasteiger partial charge < -0.3 is 4.40 Å². The second kappa shape index (κ2) is 4.62. The van der Waals surface area contributed by atoms with Gasteiger partial charge in [0.15, 0.2) is 0 Å². The number of benzene rings is 1. The highest BCUT2D eigenvalue weighted by molar-refractivity contribution is 9.10. The molecule has 0 amide bonds. The summed E-state index contributed by atoms with van der Waals surface area (Å²) in [6.45, 7) is 1.99. The molecule has 0 saturated carbocycles. The molecule has 19 heavy (non-hydrogen) atoms. The SMILES string of the molecule is Cc1cc(Br)cn2cc(-c3ccc(F)cc3Cl)nc12. The Hall–Kier alpha value is -1.39. The first-order valence-corrected chi connectivity index (χ1v) is 6.82. The van der Waals surface area contributed by atoms with Gasteiger partial charge in [-0.2, -0.15) is 0 Å². The van der Waals surface area contributed by atoms with Gasteiger partial charge in [0.25, 0.3) is 0 Å². The molecule has 0 aliphatic carbocycles. The standard InChI is InChI=1S/C14H9BrClFN2/c1-8-4-9(15)6-19-7-13(18-14(8)19)11-3-2-10(17)5-12(11)16/h2-7H,1H3. The van der Waals surface area contributed by atoms with Gasteiger partial charge in [0, 0.05) is 22.4 Å². The fourth-order valence-electron chi connectivity index (χ4n) is 2.05. The van der Waals surface area contributed by atoms with Crippen molar-refractivity contribution in [2.24, 2.45) is 0 Å².